The molecule has 0 aromatic heterocycles. The maximum atomic E-state index is 13.7. The molecule has 3 rings (SSSR count). The van der Waals surface area contributed by atoms with Crippen molar-refractivity contribution < 1.29 is 14.3 Å². The number of nitrogens with zero attached hydrogens (tertiary/aromatic N) is 1. The average Bonchev–Trinajstić information content (AvgIpc) is 2.81. The van der Waals surface area contributed by atoms with Crippen LogP contribution in [-0.4, -0.2) is 34.9 Å². The number of rotatable bonds is 9. The van der Waals surface area contributed by atoms with Gasteiger partial charge in [0.15, 0.2) is 6.61 Å². The average molecular weight is 542 g/mol. The van der Waals surface area contributed by atoms with Crippen molar-refractivity contribution in [1.29, 1.82) is 0 Å². The molecule has 0 bridgehead atoms. The van der Waals surface area contributed by atoms with E-state index >= 15 is 0 Å². The second kappa shape index (κ2) is 12.5. The fourth-order valence-electron chi connectivity index (χ4n) is 4.09. The predicted molar refractivity (Wildman–Crippen MR) is 150 cm³/mol. The molecule has 3 aromatic carbocycles. The maximum absolute atomic E-state index is 13.7. The summed E-state index contributed by atoms with van der Waals surface area (Å²) in [5.41, 5.74) is 3.32. The quantitative estimate of drug-likeness (QED) is 0.335. The summed E-state index contributed by atoms with van der Waals surface area (Å²) in [7, 11) is 0. The number of carbonyl (C=O) groups excluding carboxylic acids is 2. The van der Waals surface area contributed by atoms with E-state index in [-0.39, 0.29) is 25.0 Å². The van der Waals surface area contributed by atoms with Crippen LogP contribution < -0.4 is 10.1 Å². The van der Waals surface area contributed by atoms with Crippen molar-refractivity contribution >= 4 is 35.0 Å². The zero-order valence-electron chi connectivity index (χ0n) is 22.0. The lowest BCUT2D eigenvalue weighted by Crippen LogP contribution is -2.55. The van der Waals surface area contributed by atoms with Crippen molar-refractivity contribution in [2.24, 2.45) is 0 Å². The molecule has 0 saturated carbocycles. The molecule has 0 unspecified atom stereocenters. The number of nitrogens with one attached hydrogen (secondary N) is 1. The van der Waals surface area contributed by atoms with Crippen molar-refractivity contribution in [2.75, 3.05) is 6.61 Å². The predicted octanol–water partition coefficient (Wildman–Crippen LogP) is 6.54. The number of hydrogen-bond acceptors (Lipinski definition) is 3. The van der Waals surface area contributed by atoms with Crippen LogP contribution in [-0.2, 0) is 22.6 Å². The van der Waals surface area contributed by atoms with Crippen LogP contribution in [0.25, 0.3) is 0 Å². The highest BCUT2D eigenvalue weighted by Crippen LogP contribution is 2.25. The zero-order valence-corrected chi connectivity index (χ0v) is 23.5. The van der Waals surface area contributed by atoms with Crippen molar-refractivity contribution in [1.82, 2.24) is 10.2 Å². The fraction of sp³-hybridized carbons (Fsp3) is 0.333. The lowest BCUT2D eigenvalue weighted by molar-refractivity contribution is -0.143. The SMILES string of the molecule is Cc1cc(C)cc(OCC(=O)N(Cc2ccc(Cl)c(Cl)c2)[C@@H](Cc2ccccc2)C(=O)NC(C)(C)C)c1. The van der Waals surface area contributed by atoms with Crippen molar-refractivity contribution in [3.8, 4) is 5.75 Å². The molecule has 1 N–H and O–H groups in total. The third-order valence-corrected chi connectivity index (χ3v) is 6.40. The van der Waals surface area contributed by atoms with Crippen LogP contribution in [0.4, 0.5) is 0 Å². The highest BCUT2D eigenvalue weighted by molar-refractivity contribution is 6.42. The monoisotopic (exact) mass is 540 g/mol. The Hall–Kier alpha value is -3.02. The maximum Gasteiger partial charge on any atom is 0.261 e. The van der Waals surface area contributed by atoms with Crippen molar-refractivity contribution in [3.63, 3.8) is 0 Å². The summed E-state index contributed by atoms with van der Waals surface area (Å²) < 4.78 is 5.90. The molecule has 0 saturated heterocycles. The Morgan fingerprint density at radius 3 is 2.14 bits per heavy atom. The number of halogens is 2. The van der Waals surface area contributed by atoms with Gasteiger partial charge >= 0.3 is 0 Å². The second-order valence-electron chi connectivity index (χ2n) is 10.3. The van der Waals surface area contributed by atoms with E-state index in [2.05, 4.69) is 5.32 Å². The number of hydrogen-bond donors (Lipinski definition) is 1. The topological polar surface area (TPSA) is 58.6 Å². The summed E-state index contributed by atoms with van der Waals surface area (Å²) in [5, 5.41) is 3.86. The molecule has 5 nitrogen and oxygen atoms in total. The summed E-state index contributed by atoms with van der Waals surface area (Å²) in [6.45, 7) is 9.66. The third-order valence-electron chi connectivity index (χ3n) is 5.66. The third kappa shape index (κ3) is 8.80. The van der Waals surface area contributed by atoms with E-state index in [0.29, 0.717) is 22.2 Å². The van der Waals surface area contributed by atoms with Crippen LogP contribution in [0, 0.1) is 13.8 Å². The molecular weight excluding hydrogens is 507 g/mol. The van der Waals surface area contributed by atoms with Crippen LogP contribution in [0.5, 0.6) is 5.75 Å². The Labute approximate surface area is 229 Å². The number of ether oxygens (including phenoxy) is 1. The first-order valence-corrected chi connectivity index (χ1v) is 13.0. The normalized spacial score (nSPS) is 12.1. The molecule has 0 fully saturated rings. The molecule has 0 radical (unpaired) electrons. The zero-order chi connectivity index (χ0) is 27.2. The lowest BCUT2D eigenvalue weighted by Gasteiger charge is -2.33. The Kier molecular flexibility index (Phi) is 9.63. The van der Waals surface area contributed by atoms with Crippen molar-refractivity contribution in [3.05, 3.63) is 99.0 Å². The number of aryl methyl sites for hydroxylation is 2. The van der Waals surface area contributed by atoms with Gasteiger partial charge < -0.3 is 15.0 Å². The van der Waals surface area contributed by atoms with Gasteiger partial charge in [0, 0.05) is 18.5 Å². The van der Waals surface area contributed by atoms with Crippen LogP contribution in [0.15, 0.2) is 66.7 Å². The Morgan fingerprint density at radius 2 is 1.54 bits per heavy atom. The van der Waals surface area contributed by atoms with Crippen LogP contribution >= 0.6 is 23.2 Å². The van der Waals surface area contributed by atoms with Gasteiger partial charge in [0.25, 0.3) is 5.91 Å². The highest BCUT2D eigenvalue weighted by Gasteiger charge is 2.32. The molecule has 0 spiro atoms. The van der Waals surface area contributed by atoms with Gasteiger partial charge in [0.1, 0.15) is 11.8 Å². The van der Waals surface area contributed by atoms with E-state index in [1.54, 1.807) is 23.1 Å². The van der Waals surface area contributed by atoms with Crippen molar-refractivity contribution in [2.45, 2.75) is 59.2 Å². The van der Waals surface area contributed by atoms with Gasteiger partial charge in [-0.2, -0.15) is 0 Å². The van der Waals surface area contributed by atoms with Crippen LogP contribution in [0.1, 0.15) is 43.0 Å². The number of benzene rings is 3. The number of amides is 2. The Bertz CT molecular complexity index is 1220. The largest absolute Gasteiger partial charge is 0.484 e. The number of carbonyl (C=O) groups is 2. The van der Waals surface area contributed by atoms with Crippen LogP contribution in [0.2, 0.25) is 10.0 Å². The van der Waals surface area contributed by atoms with Gasteiger partial charge in [-0.3, -0.25) is 9.59 Å². The molecule has 37 heavy (non-hydrogen) atoms. The van der Waals surface area contributed by atoms with Gasteiger partial charge in [-0.15, -0.1) is 0 Å². The van der Waals surface area contributed by atoms with E-state index in [1.165, 1.54) is 0 Å². The molecule has 196 valence electrons. The first-order valence-electron chi connectivity index (χ1n) is 12.2. The summed E-state index contributed by atoms with van der Waals surface area (Å²) >= 11 is 12.4. The Morgan fingerprint density at radius 1 is 0.892 bits per heavy atom. The first-order chi connectivity index (χ1) is 17.4. The first kappa shape index (κ1) is 28.5. The Balaban J connectivity index is 1.96. The van der Waals surface area contributed by atoms with Gasteiger partial charge in [0.05, 0.1) is 10.0 Å². The summed E-state index contributed by atoms with van der Waals surface area (Å²) in [6.07, 6.45) is 0.347. The minimum atomic E-state index is -0.772. The molecule has 1 atom stereocenters. The summed E-state index contributed by atoms with van der Waals surface area (Å²) in [4.78, 5) is 28.9. The minimum Gasteiger partial charge on any atom is -0.484 e. The van der Waals surface area contributed by atoms with E-state index in [1.807, 2.05) is 83.1 Å². The van der Waals surface area contributed by atoms with E-state index in [4.69, 9.17) is 27.9 Å². The molecule has 0 aliphatic heterocycles. The summed E-state index contributed by atoms with van der Waals surface area (Å²) in [5.74, 6) is 0.0606. The molecule has 0 aliphatic rings. The van der Waals surface area contributed by atoms with Gasteiger partial charge in [-0.05, 0) is 81.1 Å². The molecular formula is C30H34Cl2N2O3. The molecule has 2 amide bonds. The van der Waals surface area contributed by atoms with Gasteiger partial charge in [0.2, 0.25) is 5.91 Å². The second-order valence-corrected chi connectivity index (χ2v) is 11.1. The lowest BCUT2D eigenvalue weighted by atomic mass is 10.0. The standard InChI is InChI=1S/C30H34Cl2N2O3/c1-20-13-21(2)15-24(14-20)37-19-28(35)34(18-23-11-12-25(31)26(32)16-23)27(29(36)33-30(3,4)5)17-22-9-7-6-8-10-22/h6-16,27H,17-19H2,1-5H3,(H,33,36)/t27-/m0/s1. The minimum absolute atomic E-state index is 0.168. The summed E-state index contributed by atoms with van der Waals surface area (Å²) in [6, 6.07) is 19.9. The van der Waals surface area contributed by atoms with E-state index < -0.39 is 11.6 Å². The van der Waals surface area contributed by atoms with Gasteiger partial charge in [-0.25, -0.2) is 0 Å². The van der Waals surface area contributed by atoms with Crippen LogP contribution in [0.3, 0.4) is 0 Å². The molecule has 7 heteroatoms. The van der Waals surface area contributed by atoms with Gasteiger partial charge in [-0.1, -0.05) is 65.7 Å². The van der Waals surface area contributed by atoms with E-state index in [9.17, 15) is 9.59 Å². The molecule has 3 aromatic rings. The molecule has 0 heterocycles. The smallest absolute Gasteiger partial charge is 0.261 e. The highest BCUT2D eigenvalue weighted by atomic mass is 35.5. The molecule has 0 aliphatic carbocycles. The fourth-order valence-corrected chi connectivity index (χ4v) is 4.41. The van der Waals surface area contributed by atoms with E-state index in [0.717, 1.165) is 22.3 Å².